The molecule has 0 aliphatic heterocycles. The fourth-order valence-electron chi connectivity index (χ4n) is 7.46. The van der Waals surface area contributed by atoms with Crippen LogP contribution >= 0.6 is 0 Å². The summed E-state index contributed by atoms with van der Waals surface area (Å²) in [6.07, 6.45) is 6.02. The summed E-state index contributed by atoms with van der Waals surface area (Å²) in [6, 6.07) is 0. The number of hydrogen-bond acceptors (Lipinski definition) is 4. The second-order valence-corrected chi connectivity index (χ2v) is 10.0. The maximum atomic E-state index is 13.3. The Bertz CT molecular complexity index is 615. The molecule has 4 rings (SSSR count). The van der Waals surface area contributed by atoms with Crippen LogP contribution in [0.3, 0.4) is 0 Å². The van der Waals surface area contributed by atoms with Gasteiger partial charge in [0, 0.05) is 18.3 Å². The number of rotatable bonds is 1. The van der Waals surface area contributed by atoms with Crippen LogP contribution in [0.1, 0.15) is 72.1 Å². The molecule has 4 heteroatoms. The quantitative estimate of drug-likeness (QED) is 0.764. The minimum Gasteiger partial charge on any atom is -0.393 e. The van der Waals surface area contributed by atoms with Crippen molar-refractivity contribution in [3.63, 3.8) is 0 Å². The Kier molecular flexibility index (Phi) is 3.81. The molecule has 0 aromatic carbocycles. The molecule has 0 amide bonds. The Morgan fingerprint density at radius 3 is 2.44 bits per heavy atom. The van der Waals surface area contributed by atoms with E-state index in [1.165, 1.54) is 6.92 Å². The summed E-state index contributed by atoms with van der Waals surface area (Å²) in [4.78, 5) is 25.4. The van der Waals surface area contributed by atoms with E-state index in [1.807, 2.05) is 0 Å². The molecule has 4 aliphatic rings. The molecule has 2 N–H and O–H groups in total. The monoisotopic (exact) mass is 348 g/mol. The largest absolute Gasteiger partial charge is 0.393 e. The van der Waals surface area contributed by atoms with Gasteiger partial charge in [0.25, 0.3) is 0 Å². The molecule has 4 saturated carbocycles. The predicted octanol–water partition coefficient (Wildman–Crippen LogP) is 2.89. The van der Waals surface area contributed by atoms with E-state index in [2.05, 4.69) is 13.8 Å². The Morgan fingerprint density at radius 1 is 1.08 bits per heavy atom. The van der Waals surface area contributed by atoms with Gasteiger partial charge in [-0.15, -0.1) is 0 Å². The van der Waals surface area contributed by atoms with Crippen LogP contribution in [0.5, 0.6) is 0 Å². The van der Waals surface area contributed by atoms with Gasteiger partial charge < -0.3 is 10.2 Å². The van der Waals surface area contributed by atoms with Crippen molar-refractivity contribution in [2.24, 2.45) is 34.5 Å². The highest BCUT2D eigenvalue weighted by Gasteiger charge is 2.65. The molecule has 4 fully saturated rings. The maximum absolute atomic E-state index is 13.3. The highest BCUT2D eigenvalue weighted by atomic mass is 16.3. The lowest BCUT2D eigenvalue weighted by molar-refractivity contribution is -0.178. The van der Waals surface area contributed by atoms with Gasteiger partial charge in [-0.1, -0.05) is 13.8 Å². The zero-order valence-corrected chi connectivity index (χ0v) is 15.8. The van der Waals surface area contributed by atoms with E-state index in [0.717, 1.165) is 38.5 Å². The van der Waals surface area contributed by atoms with Gasteiger partial charge in [-0.25, -0.2) is 0 Å². The van der Waals surface area contributed by atoms with E-state index in [0.29, 0.717) is 24.7 Å². The predicted molar refractivity (Wildman–Crippen MR) is 93.8 cm³/mol. The molecule has 0 bridgehead atoms. The van der Waals surface area contributed by atoms with Crippen molar-refractivity contribution < 1.29 is 19.8 Å². The SMILES string of the molecule is CC(=O)[C@]1(O)CC[C@@H]2[C@@H]3CC[C@]4(C)C[C@H](O)CC[C@]4(C)[C@@H]3C(=O)C[C@H]21. The number of fused-ring (bicyclic) bond motifs is 5. The number of hydrogen-bond donors (Lipinski definition) is 2. The Balaban J connectivity index is 1.70. The highest BCUT2D eigenvalue weighted by molar-refractivity contribution is 5.89. The van der Waals surface area contributed by atoms with Crippen LogP contribution in [-0.4, -0.2) is 33.5 Å². The van der Waals surface area contributed by atoms with Crippen molar-refractivity contribution in [2.75, 3.05) is 0 Å². The van der Waals surface area contributed by atoms with Crippen LogP contribution in [0, 0.1) is 34.5 Å². The molecule has 0 heterocycles. The van der Waals surface area contributed by atoms with Crippen LogP contribution in [0.15, 0.2) is 0 Å². The number of carbonyl (C=O) groups excluding carboxylic acids is 2. The molecule has 8 atom stereocenters. The fraction of sp³-hybridized carbons (Fsp3) is 0.905. The Hall–Kier alpha value is -0.740. The second kappa shape index (κ2) is 5.39. The van der Waals surface area contributed by atoms with Gasteiger partial charge >= 0.3 is 0 Å². The maximum Gasteiger partial charge on any atom is 0.161 e. The summed E-state index contributed by atoms with van der Waals surface area (Å²) < 4.78 is 0. The molecule has 0 unspecified atom stereocenters. The molecular formula is C21H32O4. The van der Waals surface area contributed by atoms with E-state index < -0.39 is 5.60 Å². The van der Waals surface area contributed by atoms with Crippen molar-refractivity contribution in [1.82, 2.24) is 0 Å². The number of ketones is 2. The summed E-state index contributed by atoms with van der Waals surface area (Å²) in [6.45, 7) is 6.02. The molecule has 0 radical (unpaired) electrons. The van der Waals surface area contributed by atoms with E-state index in [-0.39, 0.29) is 40.3 Å². The smallest absolute Gasteiger partial charge is 0.161 e. The van der Waals surface area contributed by atoms with Crippen LogP contribution in [0.2, 0.25) is 0 Å². The summed E-state index contributed by atoms with van der Waals surface area (Å²) in [5, 5.41) is 21.1. The van der Waals surface area contributed by atoms with Gasteiger partial charge in [-0.3, -0.25) is 9.59 Å². The highest BCUT2D eigenvalue weighted by Crippen LogP contribution is 2.67. The average Bonchev–Trinajstić information content (AvgIpc) is 2.87. The summed E-state index contributed by atoms with van der Waals surface area (Å²) >= 11 is 0. The lowest BCUT2D eigenvalue weighted by Gasteiger charge is -2.63. The second-order valence-electron chi connectivity index (χ2n) is 10.0. The average molecular weight is 348 g/mol. The van der Waals surface area contributed by atoms with E-state index in [1.54, 1.807) is 0 Å². The third-order valence-corrected chi connectivity index (χ3v) is 9.12. The van der Waals surface area contributed by atoms with E-state index in [9.17, 15) is 19.8 Å². The zero-order valence-electron chi connectivity index (χ0n) is 15.8. The van der Waals surface area contributed by atoms with Gasteiger partial charge in [0.15, 0.2) is 5.78 Å². The van der Waals surface area contributed by atoms with Crippen LogP contribution in [0.25, 0.3) is 0 Å². The molecule has 0 spiro atoms. The first-order valence-electron chi connectivity index (χ1n) is 10.1. The van der Waals surface area contributed by atoms with Gasteiger partial charge in [0.1, 0.15) is 11.4 Å². The van der Waals surface area contributed by atoms with E-state index in [4.69, 9.17) is 0 Å². The van der Waals surface area contributed by atoms with Crippen molar-refractivity contribution in [3.05, 3.63) is 0 Å². The molecule has 0 aromatic heterocycles. The number of carbonyl (C=O) groups is 2. The molecule has 4 nitrogen and oxygen atoms in total. The molecule has 140 valence electrons. The first-order valence-corrected chi connectivity index (χ1v) is 10.1. The molecule has 0 aromatic rings. The zero-order chi connectivity index (χ0) is 18.2. The van der Waals surface area contributed by atoms with Gasteiger partial charge in [-0.05, 0) is 74.5 Å². The van der Waals surface area contributed by atoms with E-state index >= 15 is 0 Å². The number of Topliss-reactive ketones (excluding diaryl/α,β-unsaturated/α-hetero) is 2. The van der Waals surface area contributed by atoms with Gasteiger partial charge in [-0.2, -0.15) is 0 Å². The van der Waals surface area contributed by atoms with Crippen molar-refractivity contribution in [1.29, 1.82) is 0 Å². The van der Waals surface area contributed by atoms with Crippen molar-refractivity contribution >= 4 is 11.6 Å². The van der Waals surface area contributed by atoms with Crippen molar-refractivity contribution in [3.8, 4) is 0 Å². The van der Waals surface area contributed by atoms with Crippen molar-refractivity contribution in [2.45, 2.75) is 83.8 Å². The summed E-state index contributed by atoms with van der Waals surface area (Å²) in [5.74, 6) is 0.546. The fourth-order valence-corrected chi connectivity index (χ4v) is 7.46. The van der Waals surface area contributed by atoms with Gasteiger partial charge in [0.05, 0.1) is 6.10 Å². The van der Waals surface area contributed by atoms with Crippen LogP contribution in [0.4, 0.5) is 0 Å². The number of aliphatic hydroxyl groups excluding tert-OH is 1. The lowest BCUT2D eigenvalue weighted by Crippen LogP contribution is -2.61. The van der Waals surface area contributed by atoms with Gasteiger partial charge in [0.2, 0.25) is 0 Å². The Morgan fingerprint density at radius 2 is 1.76 bits per heavy atom. The normalized spacial score (nSPS) is 55.2. The molecular weight excluding hydrogens is 316 g/mol. The third-order valence-electron chi connectivity index (χ3n) is 9.12. The third kappa shape index (κ3) is 2.19. The number of aliphatic hydroxyl groups is 2. The topological polar surface area (TPSA) is 74.6 Å². The van der Waals surface area contributed by atoms with Crippen LogP contribution < -0.4 is 0 Å². The minimum absolute atomic E-state index is 0.0177. The molecule has 25 heavy (non-hydrogen) atoms. The lowest BCUT2D eigenvalue weighted by atomic mass is 9.41. The summed E-state index contributed by atoms with van der Waals surface area (Å²) in [7, 11) is 0. The minimum atomic E-state index is -1.28. The summed E-state index contributed by atoms with van der Waals surface area (Å²) in [5.41, 5.74) is -1.33. The van der Waals surface area contributed by atoms with Crippen LogP contribution in [-0.2, 0) is 9.59 Å². The first kappa shape index (κ1) is 17.7. The molecule has 4 aliphatic carbocycles. The standard InChI is InChI=1S/C21H32O4/c1-12(22)21(25)9-6-14-15-5-7-19(2)11-13(23)4-8-20(19,3)18(15)17(24)10-16(14)21/h13-16,18,23,25H,4-11H2,1-3H3/t13-,14-,15+,16-,18+,19-,20-,21-/m1/s1. The molecule has 0 saturated heterocycles. The Labute approximate surface area is 150 Å². The first-order chi connectivity index (χ1) is 11.6.